The number of hydrogen-bond donors (Lipinski definition) is 0. The summed E-state index contributed by atoms with van der Waals surface area (Å²) in [5.41, 5.74) is 0.437. The van der Waals surface area contributed by atoms with Crippen molar-refractivity contribution in [2.45, 2.75) is 19.4 Å². The van der Waals surface area contributed by atoms with Crippen LogP contribution >= 0.6 is 0 Å². The summed E-state index contributed by atoms with van der Waals surface area (Å²) >= 11 is 0. The van der Waals surface area contributed by atoms with Gasteiger partial charge < -0.3 is 14.2 Å². The van der Waals surface area contributed by atoms with Crippen LogP contribution in [0.5, 0.6) is 11.5 Å². The molecular formula is C15H21NO6S. The van der Waals surface area contributed by atoms with E-state index in [9.17, 15) is 13.2 Å². The average Bonchev–Trinajstić information content (AvgIpc) is 2.87. The SMILES string of the molecule is CCOC(=O)N(c1cc(OC)ccc1OC)C1CCS(=O)(=O)C1. The number of carbonyl (C=O) groups excluding carboxylic acids is 1. The molecule has 7 nitrogen and oxygen atoms in total. The minimum Gasteiger partial charge on any atom is -0.497 e. The fourth-order valence-electron chi connectivity index (χ4n) is 2.60. The molecule has 0 spiro atoms. The van der Waals surface area contributed by atoms with E-state index in [-0.39, 0.29) is 18.1 Å². The predicted octanol–water partition coefficient (Wildman–Crippen LogP) is 1.85. The van der Waals surface area contributed by atoms with Gasteiger partial charge in [0.05, 0.1) is 44.1 Å². The van der Waals surface area contributed by atoms with Gasteiger partial charge in [-0.3, -0.25) is 4.90 Å². The van der Waals surface area contributed by atoms with Crippen LogP contribution in [0.2, 0.25) is 0 Å². The lowest BCUT2D eigenvalue weighted by molar-refractivity contribution is 0.157. The normalized spacial score (nSPS) is 19.2. The molecule has 128 valence electrons. The van der Waals surface area contributed by atoms with Gasteiger partial charge in [0.25, 0.3) is 0 Å². The summed E-state index contributed by atoms with van der Waals surface area (Å²) in [5.74, 6) is 0.950. The third-order valence-corrected chi connectivity index (χ3v) is 5.43. The molecule has 1 amide bonds. The molecule has 0 saturated carbocycles. The Morgan fingerprint density at radius 2 is 2.04 bits per heavy atom. The van der Waals surface area contributed by atoms with Crippen molar-refractivity contribution in [1.82, 2.24) is 0 Å². The van der Waals surface area contributed by atoms with E-state index in [1.54, 1.807) is 25.1 Å². The summed E-state index contributed by atoms with van der Waals surface area (Å²) in [6, 6.07) is 4.53. The van der Waals surface area contributed by atoms with Crippen LogP contribution in [0, 0.1) is 0 Å². The summed E-state index contributed by atoms with van der Waals surface area (Å²) in [4.78, 5) is 13.8. The molecule has 23 heavy (non-hydrogen) atoms. The van der Waals surface area contributed by atoms with Crippen molar-refractivity contribution < 1.29 is 27.4 Å². The van der Waals surface area contributed by atoms with E-state index in [1.807, 2.05) is 0 Å². The molecule has 0 aliphatic carbocycles. The molecular weight excluding hydrogens is 322 g/mol. The van der Waals surface area contributed by atoms with Crippen molar-refractivity contribution in [3.05, 3.63) is 18.2 Å². The van der Waals surface area contributed by atoms with Crippen LogP contribution < -0.4 is 14.4 Å². The van der Waals surface area contributed by atoms with Gasteiger partial charge >= 0.3 is 6.09 Å². The van der Waals surface area contributed by atoms with E-state index < -0.39 is 22.0 Å². The van der Waals surface area contributed by atoms with Crippen LogP contribution in [0.25, 0.3) is 0 Å². The number of benzene rings is 1. The second kappa shape index (κ2) is 7.08. The quantitative estimate of drug-likeness (QED) is 0.811. The molecule has 0 aromatic heterocycles. The van der Waals surface area contributed by atoms with E-state index in [2.05, 4.69) is 0 Å². The number of hydrogen-bond acceptors (Lipinski definition) is 6. The predicted molar refractivity (Wildman–Crippen MR) is 86.1 cm³/mol. The number of nitrogens with zero attached hydrogens (tertiary/aromatic N) is 1. The molecule has 0 bridgehead atoms. The summed E-state index contributed by atoms with van der Waals surface area (Å²) in [6.45, 7) is 1.89. The van der Waals surface area contributed by atoms with Gasteiger partial charge in [0.2, 0.25) is 0 Å². The third-order valence-electron chi connectivity index (χ3n) is 3.68. The molecule has 1 saturated heterocycles. The van der Waals surface area contributed by atoms with Gasteiger partial charge in [-0.25, -0.2) is 13.2 Å². The first kappa shape index (κ1) is 17.4. The first-order valence-electron chi connectivity index (χ1n) is 7.30. The van der Waals surface area contributed by atoms with Gasteiger partial charge in [0, 0.05) is 6.07 Å². The number of rotatable bonds is 5. The zero-order valence-corrected chi connectivity index (χ0v) is 14.3. The van der Waals surface area contributed by atoms with Gasteiger partial charge in [-0.05, 0) is 25.5 Å². The molecule has 1 heterocycles. The van der Waals surface area contributed by atoms with Gasteiger partial charge in [0.1, 0.15) is 11.5 Å². The maximum absolute atomic E-state index is 12.4. The molecule has 1 unspecified atom stereocenters. The van der Waals surface area contributed by atoms with E-state index in [0.29, 0.717) is 23.6 Å². The van der Waals surface area contributed by atoms with Crippen LogP contribution in [0.15, 0.2) is 18.2 Å². The lowest BCUT2D eigenvalue weighted by Gasteiger charge is -2.28. The Hall–Kier alpha value is -1.96. The molecule has 8 heteroatoms. The van der Waals surface area contributed by atoms with Crippen molar-refractivity contribution in [3.63, 3.8) is 0 Å². The second-order valence-electron chi connectivity index (χ2n) is 5.16. The highest BCUT2D eigenvalue weighted by molar-refractivity contribution is 7.91. The lowest BCUT2D eigenvalue weighted by atomic mass is 10.2. The number of sulfone groups is 1. The number of anilines is 1. The zero-order chi connectivity index (χ0) is 17.0. The van der Waals surface area contributed by atoms with E-state index in [4.69, 9.17) is 14.2 Å². The highest BCUT2D eigenvalue weighted by Gasteiger charge is 2.37. The van der Waals surface area contributed by atoms with E-state index >= 15 is 0 Å². The Bertz CT molecular complexity index is 673. The van der Waals surface area contributed by atoms with Crippen LogP contribution in [-0.2, 0) is 14.6 Å². The Labute approximate surface area is 136 Å². The van der Waals surface area contributed by atoms with Gasteiger partial charge in [-0.15, -0.1) is 0 Å². The standard InChI is InChI=1S/C15H21NO6S/c1-4-22-15(17)16(11-7-8-23(18,19)10-11)13-9-12(20-2)5-6-14(13)21-3/h5-6,9,11H,4,7-8,10H2,1-3H3. The number of ether oxygens (including phenoxy) is 3. The maximum Gasteiger partial charge on any atom is 0.414 e. The Balaban J connectivity index is 2.47. The van der Waals surface area contributed by atoms with E-state index in [0.717, 1.165) is 0 Å². The van der Waals surface area contributed by atoms with Crippen LogP contribution in [-0.4, -0.2) is 52.9 Å². The Morgan fingerprint density at radius 1 is 1.30 bits per heavy atom. The zero-order valence-electron chi connectivity index (χ0n) is 13.4. The largest absolute Gasteiger partial charge is 0.497 e. The monoisotopic (exact) mass is 343 g/mol. The topological polar surface area (TPSA) is 82.1 Å². The number of carbonyl (C=O) groups is 1. The van der Waals surface area contributed by atoms with Crippen LogP contribution in [0.4, 0.5) is 10.5 Å². The number of methoxy groups -OCH3 is 2. The first-order chi connectivity index (χ1) is 10.9. The molecule has 1 aliphatic rings. The van der Waals surface area contributed by atoms with E-state index in [1.165, 1.54) is 19.1 Å². The van der Waals surface area contributed by atoms with Gasteiger partial charge in [0.15, 0.2) is 9.84 Å². The lowest BCUT2D eigenvalue weighted by Crippen LogP contribution is -2.42. The minimum atomic E-state index is -3.15. The summed E-state index contributed by atoms with van der Waals surface area (Å²) in [7, 11) is -0.153. The molecule has 1 aliphatic heterocycles. The summed E-state index contributed by atoms with van der Waals surface area (Å²) < 4.78 is 39.2. The number of amides is 1. The fraction of sp³-hybridized carbons (Fsp3) is 0.533. The first-order valence-corrected chi connectivity index (χ1v) is 9.12. The molecule has 1 fully saturated rings. The van der Waals surface area contributed by atoms with Crippen molar-refractivity contribution in [3.8, 4) is 11.5 Å². The van der Waals surface area contributed by atoms with Gasteiger partial charge in [-0.2, -0.15) is 0 Å². The average molecular weight is 343 g/mol. The Kier molecular flexibility index (Phi) is 5.35. The molecule has 0 radical (unpaired) electrons. The van der Waals surface area contributed by atoms with Gasteiger partial charge in [-0.1, -0.05) is 0 Å². The molecule has 2 rings (SSSR count). The highest BCUT2D eigenvalue weighted by Crippen LogP contribution is 2.36. The third kappa shape index (κ3) is 3.87. The maximum atomic E-state index is 12.4. The highest BCUT2D eigenvalue weighted by atomic mass is 32.2. The van der Waals surface area contributed by atoms with Crippen molar-refractivity contribution >= 4 is 21.6 Å². The minimum absolute atomic E-state index is 0.0554. The molecule has 1 aromatic carbocycles. The summed E-state index contributed by atoms with van der Waals surface area (Å²) in [5, 5.41) is 0. The van der Waals surface area contributed by atoms with Crippen LogP contribution in [0.1, 0.15) is 13.3 Å². The fourth-order valence-corrected chi connectivity index (χ4v) is 4.30. The van der Waals surface area contributed by atoms with Crippen LogP contribution in [0.3, 0.4) is 0 Å². The van der Waals surface area contributed by atoms with Crippen molar-refractivity contribution in [2.75, 3.05) is 37.2 Å². The van der Waals surface area contributed by atoms with Crippen molar-refractivity contribution in [1.29, 1.82) is 0 Å². The second-order valence-corrected chi connectivity index (χ2v) is 7.39. The summed E-state index contributed by atoms with van der Waals surface area (Å²) in [6.07, 6.45) is -0.234. The smallest absolute Gasteiger partial charge is 0.414 e. The Morgan fingerprint density at radius 3 is 2.57 bits per heavy atom. The van der Waals surface area contributed by atoms with Crippen molar-refractivity contribution in [2.24, 2.45) is 0 Å². The molecule has 1 aromatic rings. The molecule has 0 N–H and O–H groups in total. The molecule has 1 atom stereocenters.